The molecule has 0 bridgehead atoms. The lowest BCUT2D eigenvalue weighted by Crippen LogP contribution is -2.32. The third kappa shape index (κ3) is 2.63. The van der Waals surface area contributed by atoms with Crippen LogP contribution >= 0.6 is 0 Å². The van der Waals surface area contributed by atoms with Crippen LogP contribution in [-0.2, 0) is 0 Å². The first-order valence-corrected chi connectivity index (χ1v) is 4.90. The zero-order valence-corrected chi connectivity index (χ0v) is 9.38. The number of aliphatic hydroxyl groups excluding tert-OH is 2. The summed E-state index contributed by atoms with van der Waals surface area (Å²) in [6.07, 6.45) is -0.991. The molecule has 0 amide bonds. The van der Waals surface area contributed by atoms with Crippen molar-refractivity contribution in [1.29, 1.82) is 0 Å². The van der Waals surface area contributed by atoms with Gasteiger partial charge >= 0.3 is 0 Å². The number of methoxy groups -OCH3 is 2. The molecule has 0 aliphatic rings. The van der Waals surface area contributed by atoms with Crippen LogP contribution in [0, 0.1) is 0 Å². The summed E-state index contributed by atoms with van der Waals surface area (Å²) in [5, 5.41) is 18.8. The van der Waals surface area contributed by atoms with Gasteiger partial charge < -0.3 is 25.4 Å². The number of rotatable bonds is 5. The molecule has 16 heavy (non-hydrogen) atoms. The minimum atomic E-state index is -0.991. The van der Waals surface area contributed by atoms with Crippen molar-refractivity contribution >= 4 is 0 Å². The van der Waals surface area contributed by atoms with Gasteiger partial charge in [-0.25, -0.2) is 0 Å². The quantitative estimate of drug-likeness (QED) is 0.662. The Bertz CT molecular complexity index is 343. The van der Waals surface area contributed by atoms with Gasteiger partial charge in [-0.05, 0) is 18.2 Å². The highest BCUT2D eigenvalue weighted by atomic mass is 16.5. The minimum absolute atomic E-state index is 0.304. The number of benzene rings is 1. The highest BCUT2D eigenvalue weighted by Crippen LogP contribution is 2.30. The third-order valence-electron chi connectivity index (χ3n) is 2.37. The molecule has 0 radical (unpaired) electrons. The van der Waals surface area contributed by atoms with E-state index in [1.165, 1.54) is 14.2 Å². The zero-order chi connectivity index (χ0) is 12.1. The van der Waals surface area contributed by atoms with Crippen LogP contribution in [0.15, 0.2) is 18.2 Å². The van der Waals surface area contributed by atoms with E-state index < -0.39 is 12.1 Å². The summed E-state index contributed by atoms with van der Waals surface area (Å²) in [5.41, 5.74) is 6.07. The molecule has 0 saturated carbocycles. The Morgan fingerprint density at radius 2 is 2.00 bits per heavy atom. The van der Waals surface area contributed by atoms with E-state index in [4.69, 9.17) is 20.3 Å². The van der Waals surface area contributed by atoms with Gasteiger partial charge in [0.05, 0.1) is 33.0 Å². The van der Waals surface area contributed by atoms with Gasteiger partial charge in [-0.2, -0.15) is 0 Å². The molecule has 2 atom stereocenters. The first kappa shape index (κ1) is 12.8. The van der Waals surface area contributed by atoms with Crippen LogP contribution in [0.25, 0.3) is 0 Å². The van der Waals surface area contributed by atoms with Crippen molar-refractivity contribution in [1.82, 2.24) is 0 Å². The summed E-state index contributed by atoms with van der Waals surface area (Å²) in [7, 11) is 3.03. The summed E-state index contributed by atoms with van der Waals surface area (Å²) in [5.74, 6) is 1.11. The fraction of sp³-hybridized carbons (Fsp3) is 0.455. The molecule has 1 aromatic rings. The lowest BCUT2D eigenvalue weighted by Gasteiger charge is -2.19. The topological polar surface area (TPSA) is 84.9 Å². The van der Waals surface area contributed by atoms with E-state index >= 15 is 0 Å². The average Bonchev–Trinajstić information content (AvgIpc) is 2.35. The van der Waals surface area contributed by atoms with E-state index in [0.29, 0.717) is 17.1 Å². The molecule has 0 spiro atoms. The molecule has 4 N–H and O–H groups in total. The lowest BCUT2D eigenvalue weighted by atomic mass is 10.0. The Morgan fingerprint density at radius 1 is 1.31 bits per heavy atom. The Morgan fingerprint density at radius 3 is 2.50 bits per heavy atom. The van der Waals surface area contributed by atoms with Crippen molar-refractivity contribution in [2.75, 3.05) is 20.8 Å². The maximum absolute atomic E-state index is 9.90. The molecule has 2 unspecified atom stereocenters. The van der Waals surface area contributed by atoms with Gasteiger partial charge in [-0.3, -0.25) is 0 Å². The van der Waals surface area contributed by atoms with E-state index in [0.717, 1.165) is 0 Å². The summed E-state index contributed by atoms with van der Waals surface area (Å²) in [6, 6.07) is 4.29. The van der Waals surface area contributed by atoms with E-state index in [1.54, 1.807) is 18.2 Å². The van der Waals surface area contributed by atoms with Crippen LogP contribution in [0.4, 0.5) is 0 Å². The second-order valence-corrected chi connectivity index (χ2v) is 3.40. The monoisotopic (exact) mass is 227 g/mol. The van der Waals surface area contributed by atoms with Crippen molar-refractivity contribution in [2.24, 2.45) is 5.73 Å². The van der Waals surface area contributed by atoms with Crippen LogP contribution in [0.2, 0.25) is 0 Å². The number of nitrogens with two attached hydrogens (primary N) is 1. The van der Waals surface area contributed by atoms with Crippen LogP contribution in [-0.4, -0.2) is 37.1 Å². The molecule has 5 nitrogen and oxygen atoms in total. The van der Waals surface area contributed by atoms with Gasteiger partial charge in [-0.1, -0.05) is 0 Å². The van der Waals surface area contributed by atoms with Gasteiger partial charge in [0, 0.05) is 5.56 Å². The Hall–Kier alpha value is -1.30. The number of ether oxygens (including phenoxy) is 2. The second kappa shape index (κ2) is 5.69. The summed E-state index contributed by atoms with van der Waals surface area (Å²) >= 11 is 0. The maximum Gasteiger partial charge on any atom is 0.124 e. The van der Waals surface area contributed by atoms with Gasteiger partial charge in [0.25, 0.3) is 0 Å². The number of hydrogen-bond donors (Lipinski definition) is 3. The van der Waals surface area contributed by atoms with Crippen molar-refractivity contribution in [3.05, 3.63) is 23.8 Å². The second-order valence-electron chi connectivity index (χ2n) is 3.40. The van der Waals surface area contributed by atoms with Gasteiger partial charge in [-0.15, -0.1) is 0 Å². The first-order valence-electron chi connectivity index (χ1n) is 4.90. The molecular weight excluding hydrogens is 210 g/mol. The SMILES string of the molecule is COc1ccc(OC)c(C(O)C(N)CO)c1. The predicted octanol–water partition coefficient (Wildman–Crippen LogP) is 0.0568. The molecule has 1 aromatic carbocycles. The molecular formula is C11H17NO4. The van der Waals surface area contributed by atoms with Crippen LogP contribution in [0.5, 0.6) is 11.5 Å². The average molecular weight is 227 g/mol. The van der Waals surface area contributed by atoms with Gasteiger partial charge in [0.15, 0.2) is 0 Å². The van der Waals surface area contributed by atoms with Crippen LogP contribution < -0.4 is 15.2 Å². The minimum Gasteiger partial charge on any atom is -0.497 e. The van der Waals surface area contributed by atoms with E-state index in [2.05, 4.69) is 0 Å². The zero-order valence-electron chi connectivity index (χ0n) is 9.38. The first-order chi connectivity index (χ1) is 7.63. The summed E-state index contributed by atoms with van der Waals surface area (Å²) < 4.78 is 10.2. The fourth-order valence-electron chi connectivity index (χ4n) is 1.40. The van der Waals surface area contributed by atoms with E-state index in [1.807, 2.05) is 0 Å². The predicted molar refractivity (Wildman–Crippen MR) is 59.6 cm³/mol. The fourth-order valence-corrected chi connectivity index (χ4v) is 1.40. The van der Waals surface area contributed by atoms with Crippen LogP contribution in [0.1, 0.15) is 11.7 Å². The maximum atomic E-state index is 9.90. The molecule has 0 aliphatic heterocycles. The Balaban J connectivity index is 3.07. The van der Waals surface area contributed by atoms with Crippen molar-refractivity contribution in [2.45, 2.75) is 12.1 Å². The van der Waals surface area contributed by atoms with Crippen molar-refractivity contribution in [3.63, 3.8) is 0 Å². The molecule has 90 valence electrons. The van der Waals surface area contributed by atoms with Gasteiger partial charge in [0.1, 0.15) is 11.5 Å². The van der Waals surface area contributed by atoms with Crippen LogP contribution in [0.3, 0.4) is 0 Å². The van der Waals surface area contributed by atoms with E-state index in [9.17, 15) is 5.11 Å². The normalized spacial score (nSPS) is 14.3. The number of hydrogen-bond acceptors (Lipinski definition) is 5. The third-order valence-corrected chi connectivity index (χ3v) is 2.37. The summed E-state index contributed by atoms with van der Waals surface area (Å²) in [6.45, 7) is -0.304. The molecule has 1 rings (SSSR count). The molecule has 0 aromatic heterocycles. The molecule has 0 saturated heterocycles. The largest absolute Gasteiger partial charge is 0.497 e. The lowest BCUT2D eigenvalue weighted by molar-refractivity contribution is 0.107. The smallest absolute Gasteiger partial charge is 0.124 e. The molecule has 0 heterocycles. The van der Waals surface area contributed by atoms with Crippen molar-refractivity contribution < 1.29 is 19.7 Å². The van der Waals surface area contributed by atoms with Crippen molar-refractivity contribution in [3.8, 4) is 11.5 Å². The molecule has 5 heteroatoms. The van der Waals surface area contributed by atoms with E-state index in [-0.39, 0.29) is 6.61 Å². The summed E-state index contributed by atoms with van der Waals surface area (Å²) in [4.78, 5) is 0. The molecule has 0 aliphatic carbocycles. The Labute approximate surface area is 94.4 Å². The molecule has 0 fully saturated rings. The Kier molecular flexibility index (Phi) is 4.54. The van der Waals surface area contributed by atoms with Gasteiger partial charge in [0.2, 0.25) is 0 Å². The highest BCUT2D eigenvalue weighted by molar-refractivity contribution is 5.42. The number of aliphatic hydroxyl groups is 2. The highest BCUT2D eigenvalue weighted by Gasteiger charge is 2.20. The standard InChI is InChI=1S/C11H17NO4/c1-15-7-3-4-10(16-2)8(5-7)11(14)9(12)6-13/h3-5,9,11,13-14H,6,12H2,1-2H3.